The van der Waals surface area contributed by atoms with E-state index in [1.54, 1.807) is 0 Å². The van der Waals surface area contributed by atoms with Gasteiger partial charge in [-0.3, -0.25) is 9.59 Å². The van der Waals surface area contributed by atoms with Crippen molar-refractivity contribution in [1.82, 2.24) is 0 Å². The zero-order chi connectivity index (χ0) is 18.7. The van der Waals surface area contributed by atoms with Crippen LogP contribution in [0.4, 0.5) is 0 Å². The highest BCUT2D eigenvalue weighted by molar-refractivity contribution is 5.71. The number of fused-ring (bicyclic) bond motifs is 3. The summed E-state index contributed by atoms with van der Waals surface area (Å²) in [4.78, 5) is 23.2. The summed E-state index contributed by atoms with van der Waals surface area (Å²) in [5, 5.41) is 9.70. The fraction of sp³-hybridized carbons (Fsp3) is 0.909. The minimum Gasteiger partial charge on any atom is -0.481 e. The molecule has 1 N–H and O–H groups in total. The van der Waals surface area contributed by atoms with Crippen molar-refractivity contribution in [3.63, 3.8) is 0 Å². The molecule has 7 atom stereocenters. The Hall–Kier alpha value is -1.06. The molecule has 4 fully saturated rings. The molecule has 0 aromatic heterocycles. The van der Waals surface area contributed by atoms with Gasteiger partial charge in [-0.1, -0.05) is 20.3 Å². The van der Waals surface area contributed by atoms with Gasteiger partial charge in [0, 0.05) is 12.3 Å². The molecule has 0 saturated heterocycles. The lowest BCUT2D eigenvalue weighted by Crippen LogP contribution is -2.57. The van der Waals surface area contributed by atoms with Crippen molar-refractivity contribution in [2.75, 3.05) is 6.61 Å². The number of carboxylic acids is 1. The van der Waals surface area contributed by atoms with E-state index in [2.05, 4.69) is 13.8 Å². The van der Waals surface area contributed by atoms with Crippen LogP contribution in [-0.4, -0.2) is 23.7 Å². The number of carboxylic acid groups (broad SMARTS) is 1. The third kappa shape index (κ3) is 2.54. The lowest BCUT2D eigenvalue weighted by Gasteiger charge is -2.64. The Labute approximate surface area is 157 Å². The van der Waals surface area contributed by atoms with Crippen LogP contribution in [0, 0.1) is 39.9 Å². The lowest BCUT2D eigenvalue weighted by molar-refractivity contribution is -0.172. The molecule has 0 unspecified atom stereocenters. The van der Waals surface area contributed by atoms with Crippen molar-refractivity contribution in [3.05, 3.63) is 0 Å². The summed E-state index contributed by atoms with van der Waals surface area (Å²) in [6.45, 7) is 6.87. The molecule has 4 saturated carbocycles. The molecule has 0 amide bonds. The molecule has 1 spiro atoms. The van der Waals surface area contributed by atoms with Gasteiger partial charge in [-0.05, 0) is 80.0 Å². The molecule has 146 valence electrons. The number of hydrogen-bond acceptors (Lipinski definition) is 3. The summed E-state index contributed by atoms with van der Waals surface area (Å²) in [5.41, 5.74) is 0.600. The SMILES string of the molecule is CC(=O)OC[C@]1(C)CCC[C@]2(C)[C@@H]1CC[C@]13C[C@H](CC[C@H]12)[C@@H](C(=O)O)C3. The van der Waals surface area contributed by atoms with Gasteiger partial charge < -0.3 is 9.84 Å². The van der Waals surface area contributed by atoms with Crippen LogP contribution in [0.3, 0.4) is 0 Å². The van der Waals surface area contributed by atoms with Gasteiger partial charge in [0.2, 0.25) is 0 Å². The van der Waals surface area contributed by atoms with Gasteiger partial charge >= 0.3 is 11.9 Å². The van der Waals surface area contributed by atoms with E-state index >= 15 is 0 Å². The Kier molecular flexibility index (Phi) is 4.20. The Morgan fingerprint density at radius 3 is 2.50 bits per heavy atom. The van der Waals surface area contributed by atoms with Crippen LogP contribution in [-0.2, 0) is 14.3 Å². The van der Waals surface area contributed by atoms with E-state index in [0.29, 0.717) is 24.4 Å². The zero-order valence-electron chi connectivity index (χ0n) is 16.6. The van der Waals surface area contributed by atoms with Crippen molar-refractivity contribution >= 4 is 11.9 Å². The monoisotopic (exact) mass is 362 g/mol. The van der Waals surface area contributed by atoms with Gasteiger partial charge in [-0.25, -0.2) is 0 Å². The average Bonchev–Trinajstić information content (AvgIpc) is 2.84. The second-order valence-corrected chi connectivity index (χ2v) is 10.5. The highest BCUT2D eigenvalue weighted by Gasteiger charge is 2.65. The highest BCUT2D eigenvalue weighted by Crippen LogP contribution is 2.72. The first-order valence-corrected chi connectivity index (χ1v) is 10.6. The van der Waals surface area contributed by atoms with Crippen LogP contribution in [0.2, 0.25) is 0 Å². The molecule has 4 rings (SSSR count). The van der Waals surface area contributed by atoms with E-state index in [4.69, 9.17) is 4.74 Å². The maximum Gasteiger partial charge on any atom is 0.306 e. The standard InChI is InChI=1S/C22H34O4/c1-14(23)26-13-20(2)8-4-9-21(3)17(20)7-10-22-11-15(5-6-18(21)22)16(12-22)19(24)25/h15-18H,4-13H2,1-3H3,(H,24,25)/t15-,16-,17+,18-,20-,21+,22+/m0/s1. The van der Waals surface area contributed by atoms with E-state index in [-0.39, 0.29) is 28.1 Å². The Morgan fingerprint density at radius 1 is 1.04 bits per heavy atom. The zero-order valence-corrected chi connectivity index (χ0v) is 16.6. The van der Waals surface area contributed by atoms with Crippen molar-refractivity contribution < 1.29 is 19.4 Å². The minimum absolute atomic E-state index is 0.0714. The fourth-order valence-corrected chi connectivity index (χ4v) is 8.31. The predicted octanol–water partition coefficient (Wildman–Crippen LogP) is 4.66. The first-order valence-electron chi connectivity index (χ1n) is 10.6. The van der Waals surface area contributed by atoms with Crippen LogP contribution in [0.5, 0.6) is 0 Å². The van der Waals surface area contributed by atoms with Crippen LogP contribution in [0.15, 0.2) is 0 Å². The third-order valence-corrected chi connectivity index (χ3v) is 9.18. The Balaban J connectivity index is 1.63. The van der Waals surface area contributed by atoms with E-state index in [0.717, 1.165) is 25.7 Å². The van der Waals surface area contributed by atoms with Gasteiger partial charge in [-0.15, -0.1) is 0 Å². The normalized spacial score (nSPS) is 49.8. The summed E-state index contributed by atoms with van der Waals surface area (Å²) in [6, 6.07) is 0. The average molecular weight is 363 g/mol. The molecule has 4 nitrogen and oxygen atoms in total. The smallest absolute Gasteiger partial charge is 0.306 e. The predicted molar refractivity (Wildman–Crippen MR) is 98.4 cm³/mol. The van der Waals surface area contributed by atoms with Crippen LogP contribution >= 0.6 is 0 Å². The number of esters is 1. The fourth-order valence-electron chi connectivity index (χ4n) is 8.31. The molecule has 4 aliphatic carbocycles. The minimum atomic E-state index is -0.567. The van der Waals surface area contributed by atoms with E-state index in [9.17, 15) is 14.7 Å². The van der Waals surface area contributed by atoms with Crippen molar-refractivity contribution in [1.29, 1.82) is 0 Å². The molecule has 4 aliphatic rings. The summed E-state index contributed by atoms with van der Waals surface area (Å²) < 4.78 is 5.51. The van der Waals surface area contributed by atoms with Crippen molar-refractivity contribution in [2.45, 2.75) is 78.6 Å². The number of aliphatic carboxylic acids is 1. The molecule has 26 heavy (non-hydrogen) atoms. The molecule has 2 bridgehead atoms. The molecule has 0 aromatic rings. The number of rotatable bonds is 3. The molecule has 0 radical (unpaired) electrons. The molecule has 0 heterocycles. The van der Waals surface area contributed by atoms with Crippen LogP contribution < -0.4 is 0 Å². The largest absolute Gasteiger partial charge is 0.481 e. The molecular formula is C22H34O4. The molecule has 0 aliphatic heterocycles. The molecular weight excluding hydrogens is 328 g/mol. The summed E-state index contributed by atoms with van der Waals surface area (Å²) in [6.07, 6.45) is 10.3. The Bertz CT molecular complexity index is 615. The van der Waals surface area contributed by atoms with Gasteiger partial charge in [0.25, 0.3) is 0 Å². The van der Waals surface area contributed by atoms with Crippen molar-refractivity contribution in [2.24, 2.45) is 39.9 Å². The van der Waals surface area contributed by atoms with Gasteiger partial charge in [0.15, 0.2) is 0 Å². The van der Waals surface area contributed by atoms with E-state index < -0.39 is 5.97 Å². The second kappa shape index (κ2) is 5.97. The Morgan fingerprint density at radius 2 is 1.81 bits per heavy atom. The number of ether oxygens (including phenoxy) is 1. The maximum absolute atomic E-state index is 11.8. The van der Waals surface area contributed by atoms with Crippen LogP contribution in [0.1, 0.15) is 78.6 Å². The van der Waals surface area contributed by atoms with Gasteiger partial charge in [0.1, 0.15) is 0 Å². The third-order valence-electron chi connectivity index (χ3n) is 9.18. The van der Waals surface area contributed by atoms with Crippen molar-refractivity contribution in [3.8, 4) is 0 Å². The maximum atomic E-state index is 11.8. The highest BCUT2D eigenvalue weighted by atomic mass is 16.5. The van der Waals surface area contributed by atoms with E-state index in [1.807, 2.05) is 0 Å². The first kappa shape index (κ1) is 18.3. The topological polar surface area (TPSA) is 63.6 Å². The summed E-state index contributed by atoms with van der Waals surface area (Å²) >= 11 is 0. The first-order chi connectivity index (χ1) is 12.2. The number of carbonyl (C=O) groups is 2. The number of carbonyl (C=O) groups excluding carboxylic acids is 1. The summed E-state index contributed by atoms with van der Waals surface area (Å²) in [7, 11) is 0. The van der Waals surface area contributed by atoms with Gasteiger partial charge in [0.05, 0.1) is 12.5 Å². The molecule has 0 aromatic carbocycles. The summed E-state index contributed by atoms with van der Waals surface area (Å²) in [5.74, 6) is 0.774. The quantitative estimate of drug-likeness (QED) is 0.742. The molecule has 4 heteroatoms. The lowest BCUT2D eigenvalue weighted by atomic mass is 9.41. The van der Waals surface area contributed by atoms with E-state index in [1.165, 1.54) is 39.0 Å². The van der Waals surface area contributed by atoms with Gasteiger partial charge in [-0.2, -0.15) is 0 Å². The van der Waals surface area contributed by atoms with Crippen LogP contribution in [0.25, 0.3) is 0 Å². The number of hydrogen-bond donors (Lipinski definition) is 1. The second-order valence-electron chi connectivity index (χ2n) is 10.5.